The van der Waals surface area contributed by atoms with Gasteiger partial charge in [-0.3, -0.25) is 19.2 Å². The van der Waals surface area contributed by atoms with Crippen LogP contribution >= 0.6 is 0 Å². The number of nitrogens with one attached hydrogen (secondary N) is 2. The lowest BCUT2D eigenvalue weighted by molar-refractivity contribution is -0.139. The number of rotatable bonds is 20. The molecule has 0 bridgehead atoms. The quantitative estimate of drug-likeness (QED) is 0.215. The Morgan fingerprint density at radius 3 is 2.05 bits per heavy atom. The maximum absolute atomic E-state index is 13.5. The Balaban J connectivity index is 2.67. The van der Waals surface area contributed by atoms with Crippen LogP contribution in [0, 0.1) is 11.8 Å². The van der Waals surface area contributed by atoms with E-state index in [4.69, 9.17) is 0 Å². The van der Waals surface area contributed by atoms with Crippen molar-refractivity contribution in [2.45, 2.75) is 124 Å². The van der Waals surface area contributed by atoms with Crippen LogP contribution in [0.25, 0.3) is 0 Å². The van der Waals surface area contributed by atoms with E-state index < -0.39 is 6.04 Å². The number of benzene rings is 1. The second-order valence-corrected chi connectivity index (χ2v) is 12.5. The minimum Gasteiger partial charge on any atom is -0.353 e. The summed E-state index contributed by atoms with van der Waals surface area (Å²) in [5.41, 5.74) is 1.19. The zero-order chi connectivity index (χ0) is 31.7. The molecule has 42 heavy (non-hydrogen) atoms. The van der Waals surface area contributed by atoms with Gasteiger partial charge in [-0.25, -0.2) is 0 Å². The summed E-state index contributed by atoms with van der Waals surface area (Å²) in [6.07, 6.45) is 5.58. The summed E-state index contributed by atoms with van der Waals surface area (Å²) >= 11 is 0. The van der Waals surface area contributed by atoms with Crippen LogP contribution in [0.3, 0.4) is 0 Å². The minimum atomic E-state index is -0.588. The van der Waals surface area contributed by atoms with Crippen LogP contribution < -0.4 is 10.6 Å². The van der Waals surface area contributed by atoms with Crippen molar-refractivity contribution in [3.05, 3.63) is 35.9 Å². The van der Waals surface area contributed by atoms with Gasteiger partial charge in [-0.1, -0.05) is 78.3 Å². The van der Waals surface area contributed by atoms with E-state index in [-0.39, 0.29) is 47.5 Å². The van der Waals surface area contributed by atoms with E-state index in [1.54, 1.807) is 11.9 Å². The van der Waals surface area contributed by atoms with E-state index in [0.717, 1.165) is 25.7 Å². The monoisotopic (exact) mass is 586 g/mol. The molecule has 1 aromatic rings. The van der Waals surface area contributed by atoms with Crippen LogP contribution in [0.5, 0.6) is 0 Å². The molecule has 0 aromatic heterocycles. The SMILES string of the molecule is CCCC(CCC(=O)N(CCC)CCCC(=O)N[C@H](C)Cc1ccccc1)N(C)C(=O)C(NC(=O)CC(C)C)C(C)C. The van der Waals surface area contributed by atoms with Gasteiger partial charge in [0.25, 0.3) is 0 Å². The third-order valence-corrected chi connectivity index (χ3v) is 7.52. The molecule has 1 rings (SSSR count). The first kappa shape index (κ1) is 37.1. The van der Waals surface area contributed by atoms with Crippen molar-refractivity contribution in [3.63, 3.8) is 0 Å². The molecule has 0 saturated carbocycles. The van der Waals surface area contributed by atoms with Crippen molar-refractivity contribution in [2.75, 3.05) is 20.1 Å². The third kappa shape index (κ3) is 14.3. The maximum Gasteiger partial charge on any atom is 0.245 e. The molecule has 3 atom stereocenters. The molecule has 8 nitrogen and oxygen atoms in total. The Morgan fingerprint density at radius 1 is 0.810 bits per heavy atom. The van der Waals surface area contributed by atoms with Crippen molar-refractivity contribution < 1.29 is 19.2 Å². The highest BCUT2D eigenvalue weighted by atomic mass is 16.2. The number of hydrogen-bond acceptors (Lipinski definition) is 4. The zero-order valence-electron chi connectivity index (χ0n) is 27.6. The van der Waals surface area contributed by atoms with Crippen molar-refractivity contribution >= 4 is 23.6 Å². The normalized spacial score (nSPS) is 13.4. The van der Waals surface area contributed by atoms with E-state index in [9.17, 15) is 19.2 Å². The zero-order valence-corrected chi connectivity index (χ0v) is 27.6. The van der Waals surface area contributed by atoms with Gasteiger partial charge >= 0.3 is 0 Å². The lowest BCUT2D eigenvalue weighted by atomic mass is 9.98. The van der Waals surface area contributed by atoms with Crippen LogP contribution in [-0.4, -0.2) is 71.7 Å². The summed E-state index contributed by atoms with van der Waals surface area (Å²) in [5.74, 6) is 0.0211. The Bertz CT molecular complexity index is 950. The van der Waals surface area contributed by atoms with E-state index in [2.05, 4.69) is 29.7 Å². The number of carbonyl (C=O) groups is 4. The van der Waals surface area contributed by atoms with Crippen LogP contribution in [0.4, 0.5) is 0 Å². The molecular formula is C34H58N4O4. The molecular weight excluding hydrogens is 528 g/mol. The molecule has 2 unspecified atom stereocenters. The minimum absolute atomic E-state index is 0.00525. The van der Waals surface area contributed by atoms with Gasteiger partial charge in [0.15, 0.2) is 0 Å². The van der Waals surface area contributed by atoms with Crippen LogP contribution in [0.1, 0.15) is 105 Å². The Hall–Kier alpha value is -2.90. The molecule has 0 heterocycles. The number of nitrogens with zero attached hydrogens (tertiary/aromatic N) is 2. The molecule has 0 saturated heterocycles. The second-order valence-electron chi connectivity index (χ2n) is 12.5. The molecule has 4 amide bonds. The fraction of sp³-hybridized carbons (Fsp3) is 0.706. The second kappa shape index (κ2) is 20.1. The first-order chi connectivity index (χ1) is 19.9. The largest absolute Gasteiger partial charge is 0.353 e. The fourth-order valence-electron chi connectivity index (χ4n) is 5.26. The number of amides is 4. The molecule has 0 aliphatic carbocycles. The number of likely N-dealkylation sites (N-methyl/N-ethyl adjacent to an activating group) is 1. The molecule has 0 fully saturated rings. The maximum atomic E-state index is 13.5. The highest BCUT2D eigenvalue weighted by Crippen LogP contribution is 2.17. The standard InChI is InChI=1S/C34H58N4O4/c1-9-15-29(37(8)34(42)33(26(5)6)36-31(40)23-25(3)4)19-20-32(41)38(21-10-2)22-14-18-30(39)35-27(7)24-28-16-12-11-13-17-28/h11-13,16-17,25-27,29,33H,9-10,14-15,18-24H2,1-8H3,(H,35,39)(H,36,40)/t27-,29?,33?/m1/s1. The molecule has 1 aromatic carbocycles. The molecule has 2 N–H and O–H groups in total. The summed E-state index contributed by atoms with van der Waals surface area (Å²) < 4.78 is 0. The first-order valence-electron chi connectivity index (χ1n) is 16.1. The van der Waals surface area contributed by atoms with Gasteiger partial charge in [0.05, 0.1) is 0 Å². The van der Waals surface area contributed by atoms with Crippen molar-refractivity contribution in [3.8, 4) is 0 Å². The molecule has 0 radical (unpaired) electrons. The average Bonchev–Trinajstić information content (AvgIpc) is 2.92. The fourth-order valence-corrected chi connectivity index (χ4v) is 5.26. The van der Waals surface area contributed by atoms with Crippen LogP contribution in [-0.2, 0) is 25.6 Å². The van der Waals surface area contributed by atoms with Crippen molar-refractivity contribution in [1.29, 1.82) is 0 Å². The topological polar surface area (TPSA) is 98.8 Å². The number of carbonyl (C=O) groups excluding carboxylic acids is 4. The molecule has 8 heteroatoms. The summed E-state index contributed by atoms with van der Waals surface area (Å²) in [5, 5.41) is 6.02. The van der Waals surface area contributed by atoms with Gasteiger partial charge in [-0.15, -0.1) is 0 Å². The highest BCUT2D eigenvalue weighted by Gasteiger charge is 2.30. The summed E-state index contributed by atoms with van der Waals surface area (Å²) in [6.45, 7) is 15.2. The molecule has 0 aliphatic rings. The Kier molecular flexibility index (Phi) is 17.8. The van der Waals surface area contributed by atoms with Gasteiger partial charge in [0, 0.05) is 51.5 Å². The Labute approximate surface area is 255 Å². The third-order valence-electron chi connectivity index (χ3n) is 7.52. The summed E-state index contributed by atoms with van der Waals surface area (Å²) in [4.78, 5) is 55.3. The molecule has 0 spiro atoms. The van der Waals surface area contributed by atoms with Gasteiger partial charge in [0.1, 0.15) is 6.04 Å². The first-order valence-corrected chi connectivity index (χ1v) is 16.1. The van der Waals surface area contributed by atoms with Crippen molar-refractivity contribution in [2.24, 2.45) is 11.8 Å². The molecule has 238 valence electrons. The Morgan fingerprint density at radius 2 is 1.48 bits per heavy atom. The summed E-state index contributed by atoms with van der Waals surface area (Å²) in [7, 11) is 1.79. The van der Waals surface area contributed by atoms with Crippen LogP contribution in [0.15, 0.2) is 30.3 Å². The summed E-state index contributed by atoms with van der Waals surface area (Å²) in [6, 6.07) is 9.47. The predicted molar refractivity (Wildman–Crippen MR) is 171 cm³/mol. The lowest BCUT2D eigenvalue weighted by Gasteiger charge is -2.33. The predicted octanol–water partition coefficient (Wildman–Crippen LogP) is 5.35. The average molecular weight is 587 g/mol. The molecule has 0 aliphatic heterocycles. The number of hydrogen-bond donors (Lipinski definition) is 2. The van der Waals surface area contributed by atoms with Gasteiger partial charge in [-0.2, -0.15) is 0 Å². The van der Waals surface area contributed by atoms with E-state index >= 15 is 0 Å². The van der Waals surface area contributed by atoms with Gasteiger partial charge in [0.2, 0.25) is 23.6 Å². The van der Waals surface area contributed by atoms with Gasteiger partial charge in [-0.05, 0) is 56.4 Å². The van der Waals surface area contributed by atoms with E-state index in [1.165, 1.54) is 5.56 Å². The van der Waals surface area contributed by atoms with E-state index in [0.29, 0.717) is 45.2 Å². The van der Waals surface area contributed by atoms with Crippen molar-refractivity contribution in [1.82, 2.24) is 20.4 Å². The van der Waals surface area contributed by atoms with Gasteiger partial charge < -0.3 is 20.4 Å². The highest BCUT2D eigenvalue weighted by molar-refractivity contribution is 5.88. The van der Waals surface area contributed by atoms with E-state index in [1.807, 2.05) is 64.6 Å². The van der Waals surface area contributed by atoms with Crippen LogP contribution in [0.2, 0.25) is 0 Å². The smallest absolute Gasteiger partial charge is 0.245 e. The lowest BCUT2D eigenvalue weighted by Crippen LogP contribution is -2.53.